The topological polar surface area (TPSA) is 85.9 Å². The number of carbonyl (C=O) groups excluding carboxylic acids is 2. The van der Waals surface area contributed by atoms with Crippen molar-refractivity contribution in [2.75, 3.05) is 26.0 Å². The Morgan fingerprint density at radius 1 is 1.32 bits per heavy atom. The molecule has 0 aromatic heterocycles. The maximum atomic E-state index is 13.4. The number of methoxy groups -OCH3 is 1. The number of rotatable bonds is 6. The van der Waals surface area contributed by atoms with E-state index >= 15 is 0 Å². The number of amides is 1. The fourth-order valence-electron chi connectivity index (χ4n) is 3.59. The zero-order valence-corrected chi connectivity index (χ0v) is 25.9. The average Bonchev–Trinajstić information content (AvgIpc) is 2.81. The first kappa shape index (κ1) is 31.2. The number of nitrogens with one attached hydrogen (secondary N) is 2. The smallest absolute Gasteiger partial charge is 0.338 e. The third kappa shape index (κ3) is 8.48. The van der Waals surface area contributed by atoms with E-state index in [4.69, 9.17) is 26.1 Å². The number of esters is 1. The molecule has 37 heavy (non-hydrogen) atoms. The van der Waals surface area contributed by atoms with Crippen LogP contribution in [0.3, 0.4) is 0 Å². The van der Waals surface area contributed by atoms with Gasteiger partial charge in [0.15, 0.2) is 0 Å². The van der Waals surface area contributed by atoms with Gasteiger partial charge in [-0.15, -0.1) is 6.58 Å². The number of thiocarbonyl (C=S) groups is 1. The van der Waals surface area contributed by atoms with E-state index < -0.39 is 14.3 Å². The van der Waals surface area contributed by atoms with Crippen LogP contribution >= 0.6 is 24.0 Å². The van der Waals surface area contributed by atoms with Crippen LogP contribution in [0.4, 0.5) is 0 Å². The number of cyclic esters (lactones) is 1. The molecule has 1 aromatic carbocycles. The monoisotopic (exact) mass is 566 g/mol. The second kappa shape index (κ2) is 13.7. The van der Waals surface area contributed by atoms with Gasteiger partial charge in [-0.05, 0) is 37.9 Å². The van der Waals surface area contributed by atoms with Crippen molar-refractivity contribution < 1.29 is 23.5 Å². The minimum atomic E-state index is -2.23. The molecule has 1 atom stereocenters. The summed E-state index contributed by atoms with van der Waals surface area (Å²) in [5, 5.41) is 6.17. The number of fused-ring (bicyclic) bond motifs is 1. The Hall–Kier alpha value is -2.04. The minimum absolute atomic E-state index is 0.0361. The zero-order chi connectivity index (χ0) is 27.8. The predicted octanol–water partition coefficient (Wildman–Crippen LogP) is 5.55. The molecule has 0 saturated heterocycles. The second-order valence-corrected chi connectivity index (χ2v) is 16.9. The summed E-state index contributed by atoms with van der Waals surface area (Å²) in [7, 11) is -0.638. The Bertz CT molecular complexity index is 1010. The average molecular weight is 567 g/mol. The van der Waals surface area contributed by atoms with Crippen LogP contribution in [0, 0.1) is 6.92 Å². The van der Waals surface area contributed by atoms with Crippen LogP contribution in [-0.4, -0.2) is 57.2 Å². The molecule has 7 nitrogen and oxygen atoms in total. The summed E-state index contributed by atoms with van der Waals surface area (Å²) in [6, 6.07) is 1.55. The quantitative estimate of drug-likeness (QED) is 0.201. The molecule has 1 heterocycles. The fraction of sp³-hybridized carbons (Fsp3) is 0.593. The predicted molar refractivity (Wildman–Crippen MR) is 159 cm³/mol. The van der Waals surface area contributed by atoms with Gasteiger partial charge in [-0.2, -0.15) is 11.8 Å². The van der Waals surface area contributed by atoms with Gasteiger partial charge >= 0.3 is 5.97 Å². The third-order valence-electron chi connectivity index (χ3n) is 6.84. The molecular weight excluding hydrogens is 525 g/mol. The molecule has 1 aromatic rings. The van der Waals surface area contributed by atoms with Crippen LogP contribution in [-0.2, 0) is 15.3 Å². The van der Waals surface area contributed by atoms with Crippen LogP contribution < -0.4 is 19.8 Å². The van der Waals surface area contributed by atoms with Gasteiger partial charge in [0.2, 0.25) is 14.2 Å². The number of hydrogen-bond acceptors (Lipinski definition) is 7. The van der Waals surface area contributed by atoms with Gasteiger partial charge in [0.25, 0.3) is 0 Å². The van der Waals surface area contributed by atoms with E-state index in [0.717, 1.165) is 11.1 Å². The van der Waals surface area contributed by atoms with E-state index in [9.17, 15) is 9.59 Å². The molecule has 2 N–H and O–H groups in total. The van der Waals surface area contributed by atoms with Crippen LogP contribution in [0.1, 0.15) is 61.5 Å². The van der Waals surface area contributed by atoms with E-state index in [1.807, 2.05) is 13.0 Å². The Labute approximate surface area is 232 Å². The van der Waals surface area contributed by atoms with Crippen LogP contribution in [0.15, 0.2) is 18.7 Å². The normalized spacial score (nSPS) is 18.0. The summed E-state index contributed by atoms with van der Waals surface area (Å²) >= 11 is 7.16. The van der Waals surface area contributed by atoms with Gasteiger partial charge in [-0.25, -0.2) is 4.79 Å². The lowest BCUT2D eigenvalue weighted by Gasteiger charge is -2.37. The number of benzene rings is 1. The molecule has 0 unspecified atom stereocenters. The van der Waals surface area contributed by atoms with Gasteiger partial charge in [0.05, 0.1) is 30.3 Å². The molecular formula is C27H42N2O5S2Si. The highest BCUT2D eigenvalue weighted by Gasteiger charge is 2.40. The summed E-state index contributed by atoms with van der Waals surface area (Å²) in [4.78, 5) is 26.5. The van der Waals surface area contributed by atoms with E-state index in [2.05, 4.69) is 51.1 Å². The third-order valence-corrected chi connectivity index (χ3v) is 12.7. The molecule has 1 aliphatic heterocycles. The molecule has 1 amide bonds. The van der Waals surface area contributed by atoms with Crippen LogP contribution in [0.25, 0.3) is 0 Å². The highest BCUT2D eigenvalue weighted by molar-refractivity contribution is 7.98. The van der Waals surface area contributed by atoms with Crippen molar-refractivity contribution >= 4 is 49.2 Å². The molecule has 206 valence electrons. The van der Waals surface area contributed by atoms with Crippen molar-refractivity contribution in [3.63, 3.8) is 0 Å². The summed E-state index contributed by atoms with van der Waals surface area (Å²) in [5.41, 5.74) is 2.00. The number of hydrogen-bond donors (Lipinski definition) is 2. The molecule has 0 aliphatic carbocycles. The molecule has 10 heteroatoms. The van der Waals surface area contributed by atoms with E-state index in [-0.39, 0.29) is 23.6 Å². The summed E-state index contributed by atoms with van der Waals surface area (Å²) in [6.07, 6.45) is 3.27. The van der Waals surface area contributed by atoms with Crippen molar-refractivity contribution in [3.8, 4) is 11.5 Å². The summed E-state index contributed by atoms with van der Waals surface area (Å²) in [6.45, 7) is 17.2. The molecule has 2 rings (SSSR count). The van der Waals surface area contributed by atoms with Gasteiger partial charge < -0.3 is 24.5 Å². The Kier molecular flexibility index (Phi) is 11.5. The van der Waals surface area contributed by atoms with E-state index in [1.165, 1.54) is 0 Å². The summed E-state index contributed by atoms with van der Waals surface area (Å²) < 4.78 is 18.1. The fourth-order valence-corrected chi connectivity index (χ4v) is 6.05. The van der Waals surface area contributed by atoms with Gasteiger partial charge in [0.1, 0.15) is 11.5 Å². The lowest BCUT2D eigenvalue weighted by molar-refractivity contribution is -0.121. The number of carbonyl (C=O) groups is 2. The van der Waals surface area contributed by atoms with Gasteiger partial charge in [-0.1, -0.05) is 39.1 Å². The standard InChI is InChI=1S/C27H42N2O5S2Si/c1-9-13-28-25(35)20-17-36-16-19-22(34-37(7,8)27(3,4)5)15-21(32-6)18(2)24(19)26(31)33-14-11-10-12-23(30)29-20/h9,15,20H,1,10-14,16-17H2,2-8H3,(H,28,35)(H,29,30)/t20-/m1/s1. The van der Waals surface area contributed by atoms with Crippen molar-refractivity contribution in [2.24, 2.45) is 0 Å². The lowest BCUT2D eigenvalue weighted by Crippen LogP contribution is -2.47. The van der Waals surface area contributed by atoms with Crippen molar-refractivity contribution in [1.29, 1.82) is 0 Å². The van der Waals surface area contributed by atoms with Crippen molar-refractivity contribution in [2.45, 2.75) is 76.9 Å². The van der Waals surface area contributed by atoms with Gasteiger partial charge in [0, 0.05) is 41.7 Å². The molecule has 0 saturated carbocycles. The molecule has 0 fully saturated rings. The first-order valence-electron chi connectivity index (χ1n) is 12.6. The highest BCUT2D eigenvalue weighted by Crippen LogP contribution is 2.42. The van der Waals surface area contributed by atoms with Crippen molar-refractivity contribution in [1.82, 2.24) is 10.6 Å². The second-order valence-electron chi connectivity index (χ2n) is 10.7. The SMILES string of the molecule is C=CCNC(=S)[C@H]1CSCc2c(O[Si](C)(C)C(C)(C)C)cc(OC)c(C)c2C(=O)OCCCCC(=O)N1. The number of ether oxygens (including phenoxy) is 2. The summed E-state index contributed by atoms with van der Waals surface area (Å²) in [5.74, 6) is 1.79. The van der Waals surface area contributed by atoms with Crippen LogP contribution in [0.5, 0.6) is 11.5 Å². The first-order chi connectivity index (χ1) is 17.3. The lowest BCUT2D eigenvalue weighted by atomic mass is 10.0. The van der Waals surface area contributed by atoms with E-state index in [1.54, 1.807) is 24.9 Å². The highest BCUT2D eigenvalue weighted by atomic mass is 32.2. The first-order valence-corrected chi connectivity index (χ1v) is 17.1. The van der Waals surface area contributed by atoms with E-state index in [0.29, 0.717) is 59.4 Å². The maximum absolute atomic E-state index is 13.4. The number of thioether (sulfide) groups is 1. The largest absolute Gasteiger partial charge is 0.543 e. The molecule has 0 bridgehead atoms. The molecule has 1 aliphatic rings. The Balaban J connectivity index is 2.54. The maximum Gasteiger partial charge on any atom is 0.338 e. The molecule has 0 spiro atoms. The Morgan fingerprint density at radius 2 is 2.03 bits per heavy atom. The molecule has 0 radical (unpaired) electrons. The van der Waals surface area contributed by atoms with Crippen LogP contribution in [0.2, 0.25) is 18.1 Å². The van der Waals surface area contributed by atoms with Gasteiger partial charge in [-0.3, -0.25) is 4.79 Å². The minimum Gasteiger partial charge on any atom is -0.543 e. The van der Waals surface area contributed by atoms with Crippen molar-refractivity contribution in [3.05, 3.63) is 35.4 Å². The zero-order valence-electron chi connectivity index (χ0n) is 23.2. The Morgan fingerprint density at radius 3 is 2.65 bits per heavy atom.